The van der Waals surface area contributed by atoms with Crippen molar-refractivity contribution in [3.05, 3.63) is 23.8 Å². The number of methoxy groups -OCH3 is 1. The highest BCUT2D eigenvalue weighted by molar-refractivity contribution is 7.80. The largest absolute Gasteiger partial charge is 0.474 e. The Morgan fingerprint density at radius 1 is 1.30 bits per heavy atom. The molecule has 164 valence electrons. The van der Waals surface area contributed by atoms with E-state index in [0.717, 1.165) is 17.0 Å². The normalized spacial score (nSPS) is 19.0. The molecule has 1 atom stereocenters. The molecule has 2 saturated heterocycles. The maximum Gasteiger partial charge on any atom is 0.414 e. The molecular weight excluding hydrogens is 422 g/mol. The molecule has 2 N–H and O–H groups in total. The van der Waals surface area contributed by atoms with Crippen LogP contribution in [-0.4, -0.2) is 86.3 Å². The first-order valence-corrected chi connectivity index (χ1v) is 9.67. The van der Waals surface area contributed by atoms with E-state index in [-0.39, 0.29) is 55.8 Å². The molecule has 12 heteroatoms. The maximum atomic E-state index is 14.8. The Kier molecular flexibility index (Phi) is 6.87. The number of piperazine rings is 1. The van der Waals surface area contributed by atoms with E-state index in [1.165, 1.54) is 16.9 Å². The van der Waals surface area contributed by atoms with E-state index >= 15 is 0 Å². The van der Waals surface area contributed by atoms with Crippen LogP contribution in [0.1, 0.15) is 0 Å². The highest BCUT2D eigenvalue weighted by Crippen LogP contribution is 2.31. The van der Waals surface area contributed by atoms with Gasteiger partial charge in [-0.3, -0.25) is 9.69 Å². The molecule has 0 spiro atoms. The first-order valence-electron chi connectivity index (χ1n) is 9.26. The van der Waals surface area contributed by atoms with Crippen molar-refractivity contribution in [2.45, 2.75) is 6.10 Å². The number of rotatable bonds is 5. The van der Waals surface area contributed by atoms with Crippen LogP contribution in [0.15, 0.2) is 12.1 Å². The maximum absolute atomic E-state index is 14.8. The highest BCUT2D eigenvalue weighted by Gasteiger charge is 2.34. The van der Waals surface area contributed by atoms with Crippen molar-refractivity contribution in [2.75, 3.05) is 62.8 Å². The fraction of sp³-hybridized carbons (Fsp3) is 0.500. The lowest BCUT2D eigenvalue weighted by molar-refractivity contribution is -0.134. The Bertz CT molecular complexity index is 812. The Morgan fingerprint density at radius 3 is 2.50 bits per heavy atom. The fourth-order valence-electron chi connectivity index (χ4n) is 3.40. The number of hydrogen-bond acceptors (Lipinski definition) is 7. The Balaban J connectivity index is 1.68. The van der Waals surface area contributed by atoms with Gasteiger partial charge in [-0.15, -0.1) is 0 Å². The molecule has 0 bridgehead atoms. The molecule has 2 aliphatic rings. The molecule has 30 heavy (non-hydrogen) atoms. The van der Waals surface area contributed by atoms with Crippen molar-refractivity contribution >= 4 is 40.8 Å². The minimum atomic E-state index is -0.818. The third-order valence-corrected chi connectivity index (χ3v) is 5.24. The number of cyclic esters (lactones) is 1. The average molecular weight is 444 g/mol. The number of nitrogens with one attached hydrogen (secondary N) is 1. The quantitative estimate of drug-likeness (QED) is 0.633. The average Bonchev–Trinajstić information content (AvgIpc) is 3.11. The van der Waals surface area contributed by atoms with Gasteiger partial charge in [0.25, 0.3) is 5.17 Å². The molecule has 0 aromatic heterocycles. The van der Waals surface area contributed by atoms with E-state index in [1.807, 2.05) is 0 Å². The lowest BCUT2D eigenvalue weighted by Gasteiger charge is -2.36. The summed E-state index contributed by atoms with van der Waals surface area (Å²) in [6.45, 7) is 0.632. The standard InChI is InChI=1S/C18H22F2N4O5S/c1-28-17(30)21-8-12-9-24(18(27)29-12)11-6-13(19)16(14(20)7-11)23-4-2-22(3-5-23)15(26)10-25/h6-7,12,25H,2-5,8-10H2,1H3,(H,21,30). The van der Waals surface area contributed by atoms with Crippen LogP contribution in [0.4, 0.5) is 25.0 Å². The molecule has 2 aliphatic heterocycles. The number of nitrogens with zero attached hydrogens (tertiary/aromatic N) is 3. The first kappa shape index (κ1) is 22.0. The number of hydrogen-bond donors (Lipinski definition) is 2. The number of ether oxygens (including phenoxy) is 2. The molecule has 0 aliphatic carbocycles. The molecule has 0 radical (unpaired) electrons. The van der Waals surface area contributed by atoms with E-state index in [2.05, 4.69) is 5.32 Å². The van der Waals surface area contributed by atoms with Crippen molar-refractivity contribution < 1.29 is 33.0 Å². The number of carbonyl (C=O) groups is 2. The third-order valence-electron chi connectivity index (χ3n) is 4.93. The number of thiocarbonyl (C=S) groups is 1. The van der Waals surface area contributed by atoms with Gasteiger partial charge in [-0.1, -0.05) is 0 Å². The minimum absolute atomic E-state index is 0.0460. The molecule has 0 saturated carbocycles. The van der Waals surface area contributed by atoms with Crippen molar-refractivity contribution in [2.24, 2.45) is 0 Å². The van der Waals surface area contributed by atoms with Crippen LogP contribution in [0, 0.1) is 11.6 Å². The van der Waals surface area contributed by atoms with Crippen LogP contribution in [0.25, 0.3) is 0 Å². The molecule has 9 nitrogen and oxygen atoms in total. The first-order chi connectivity index (χ1) is 14.3. The van der Waals surface area contributed by atoms with Gasteiger partial charge in [-0.05, 0) is 12.2 Å². The van der Waals surface area contributed by atoms with E-state index in [1.54, 1.807) is 0 Å². The van der Waals surface area contributed by atoms with Crippen LogP contribution < -0.4 is 15.1 Å². The van der Waals surface area contributed by atoms with E-state index in [9.17, 15) is 18.4 Å². The smallest absolute Gasteiger partial charge is 0.414 e. The Labute approximate surface area is 177 Å². The number of anilines is 2. The monoisotopic (exact) mass is 444 g/mol. The van der Waals surface area contributed by atoms with Gasteiger partial charge in [-0.2, -0.15) is 0 Å². The second-order valence-electron chi connectivity index (χ2n) is 6.77. The third kappa shape index (κ3) is 4.70. The predicted octanol–water partition coefficient (Wildman–Crippen LogP) is 0.452. The molecule has 1 aromatic rings. The summed E-state index contributed by atoms with van der Waals surface area (Å²) in [6.07, 6.45) is -1.28. The van der Waals surface area contributed by atoms with E-state index in [4.69, 9.17) is 26.8 Å². The number of aliphatic hydroxyl groups is 1. The van der Waals surface area contributed by atoms with Crippen LogP contribution in [0.5, 0.6) is 0 Å². The summed E-state index contributed by atoms with van der Waals surface area (Å²) in [7, 11) is 1.40. The molecule has 2 fully saturated rings. The van der Waals surface area contributed by atoms with Crippen LogP contribution in [0.3, 0.4) is 0 Å². The summed E-state index contributed by atoms with van der Waals surface area (Å²) in [4.78, 5) is 27.8. The number of halogens is 2. The zero-order chi connectivity index (χ0) is 21.8. The second-order valence-corrected chi connectivity index (χ2v) is 7.14. The predicted molar refractivity (Wildman–Crippen MR) is 107 cm³/mol. The molecule has 2 amide bonds. The van der Waals surface area contributed by atoms with Gasteiger partial charge in [0.15, 0.2) is 11.6 Å². The van der Waals surface area contributed by atoms with Crippen LogP contribution in [0.2, 0.25) is 0 Å². The van der Waals surface area contributed by atoms with Gasteiger partial charge in [0, 0.05) is 38.3 Å². The van der Waals surface area contributed by atoms with Gasteiger partial charge in [0.1, 0.15) is 18.4 Å². The van der Waals surface area contributed by atoms with E-state index in [0.29, 0.717) is 0 Å². The lowest BCUT2D eigenvalue weighted by atomic mass is 10.2. The van der Waals surface area contributed by atoms with Crippen molar-refractivity contribution in [3.63, 3.8) is 0 Å². The highest BCUT2D eigenvalue weighted by atomic mass is 32.1. The van der Waals surface area contributed by atoms with Crippen molar-refractivity contribution in [1.29, 1.82) is 0 Å². The van der Waals surface area contributed by atoms with Gasteiger partial charge in [0.2, 0.25) is 5.91 Å². The molecule has 3 rings (SSSR count). The molecular formula is C18H22F2N4O5S. The summed E-state index contributed by atoms with van der Waals surface area (Å²) < 4.78 is 39.5. The lowest BCUT2D eigenvalue weighted by Crippen LogP contribution is -2.50. The zero-order valence-corrected chi connectivity index (χ0v) is 17.1. The minimum Gasteiger partial charge on any atom is -0.474 e. The zero-order valence-electron chi connectivity index (χ0n) is 16.3. The molecule has 1 unspecified atom stereocenters. The number of amides is 2. The Morgan fingerprint density at radius 2 is 1.93 bits per heavy atom. The van der Waals surface area contributed by atoms with Crippen molar-refractivity contribution in [1.82, 2.24) is 10.2 Å². The topological polar surface area (TPSA) is 94.6 Å². The summed E-state index contributed by atoms with van der Waals surface area (Å²) in [5, 5.41) is 11.8. The summed E-state index contributed by atoms with van der Waals surface area (Å²) in [5.41, 5.74) is -0.171. The fourth-order valence-corrected chi connectivity index (χ4v) is 3.48. The number of benzene rings is 1. The summed E-state index contributed by atoms with van der Waals surface area (Å²) in [5.74, 6) is -2.06. The van der Waals surface area contributed by atoms with E-state index < -0.39 is 36.3 Å². The van der Waals surface area contributed by atoms with Crippen molar-refractivity contribution in [3.8, 4) is 0 Å². The summed E-state index contributed by atoms with van der Waals surface area (Å²) in [6, 6.07) is 2.17. The number of aliphatic hydroxyl groups excluding tert-OH is 1. The van der Waals surface area contributed by atoms with Gasteiger partial charge in [0.05, 0.1) is 25.9 Å². The van der Waals surface area contributed by atoms with Gasteiger partial charge >= 0.3 is 6.09 Å². The molecule has 2 heterocycles. The van der Waals surface area contributed by atoms with Crippen LogP contribution in [-0.2, 0) is 14.3 Å². The number of carbonyl (C=O) groups excluding carboxylic acids is 2. The second kappa shape index (κ2) is 9.39. The summed E-state index contributed by atoms with van der Waals surface area (Å²) >= 11 is 4.86. The van der Waals surface area contributed by atoms with Gasteiger partial charge in [-0.25, -0.2) is 13.6 Å². The van der Waals surface area contributed by atoms with Gasteiger partial charge < -0.3 is 29.7 Å². The van der Waals surface area contributed by atoms with Crippen LogP contribution >= 0.6 is 12.2 Å². The molecule has 1 aromatic carbocycles. The Hall–Kier alpha value is -2.73. The SMILES string of the molecule is COC(=S)NCC1CN(c2cc(F)c(N3CCN(C(=O)CO)CC3)c(F)c2)C(=O)O1.